The van der Waals surface area contributed by atoms with Gasteiger partial charge in [0.25, 0.3) is 5.89 Å². The van der Waals surface area contributed by atoms with Crippen LogP contribution in [0.15, 0.2) is 56.2 Å². The minimum atomic E-state index is -0.430. The first-order valence-corrected chi connectivity index (χ1v) is 9.34. The number of hydrogen-bond acceptors (Lipinski definition) is 7. The molecule has 0 radical (unpaired) electrons. The Bertz CT molecular complexity index is 1210. The number of benzene rings is 2. The average Bonchev–Trinajstić information content (AvgIpc) is 3.17. The molecule has 4 rings (SSSR count). The van der Waals surface area contributed by atoms with E-state index in [4.69, 9.17) is 30.0 Å². The fraction of sp³-hybridized carbons (Fsp3) is 0.190. The molecule has 0 N–H and O–H groups in total. The molecule has 148 valence electrons. The highest BCUT2D eigenvalue weighted by Gasteiger charge is 2.13. The third-order valence-electron chi connectivity index (χ3n) is 4.25. The van der Waals surface area contributed by atoms with Crippen LogP contribution in [0.5, 0.6) is 11.5 Å². The summed E-state index contributed by atoms with van der Waals surface area (Å²) < 4.78 is 21.6. The van der Waals surface area contributed by atoms with Gasteiger partial charge in [0.05, 0.1) is 11.6 Å². The Hall–Kier alpha value is -3.32. The van der Waals surface area contributed by atoms with Crippen molar-refractivity contribution < 1.29 is 18.4 Å². The third-order valence-corrected chi connectivity index (χ3v) is 4.54. The van der Waals surface area contributed by atoms with Gasteiger partial charge in [-0.2, -0.15) is 4.98 Å². The number of fused-ring (bicyclic) bond motifs is 1. The van der Waals surface area contributed by atoms with Crippen LogP contribution in [0.1, 0.15) is 18.4 Å². The molecule has 2 heterocycles. The van der Waals surface area contributed by atoms with Gasteiger partial charge < -0.3 is 18.4 Å². The molecule has 0 fully saturated rings. The molecule has 0 aliphatic carbocycles. The summed E-state index contributed by atoms with van der Waals surface area (Å²) in [6.07, 6.45) is 0. The van der Waals surface area contributed by atoms with Crippen molar-refractivity contribution in [1.82, 2.24) is 10.1 Å². The van der Waals surface area contributed by atoms with Gasteiger partial charge in [0, 0.05) is 23.1 Å². The number of aromatic nitrogens is 2. The van der Waals surface area contributed by atoms with Gasteiger partial charge in [0.1, 0.15) is 17.1 Å². The second kappa shape index (κ2) is 7.97. The summed E-state index contributed by atoms with van der Waals surface area (Å²) in [4.78, 5) is 15.9. The number of rotatable bonds is 6. The molecule has 4 aromatic rings. The Balaban J connectivity index is 1.51. The van der Waals surface area contributed by atoms with Crippen LogP contribution in [-0.2, 0) is 6.61 Å². The Kier molecular flexibility index (Phi) is 5.22. The SMILES string of the molecule is CCOc1ccc(-c2noc(COc3cc4oc(=O)cc(C)c4cc3Cl)n2)cc1. The smallest absolute Gasteiger partial charge is 0.336 e. The molecule has 0 atom stereocenters. The second-order valence-corrected chi connectivity index (χ2v) is 6.69. The normalized spacial score (nSPS) is 11.0. The number of aryl methyl sites for hydroxylation is 1. The number of halogens is 1. The Morgan fingerprint density at radius 2 is 1.90 bits per heavy atom. The third kappa shape index (κ3) is 4.09. The van der Waals surface area contributed by atoms with Crippen LogP contribution in [0.2, 0.25) is 5.02 Å². The maximum atomic E-state index is 11.6. The van der Waals surface area contributed by atoms with Crippen molar-refractivity contribution in [1.29, 1.82) is 0 Å². The molecule has 0 saturated carbocycles. The van der Waals surface area contributed by atoms with E-state index in [-0.39, 0.29) is 12.5 Å². The zero-order chi connectivity index (χ0) is 20.4. The lowest BCUT2D eigenvalue weighted by Crippen LogP contribution is -2.00. The zero-order valence-corrected chi connectivity index (χ0v) is 16.5. The molecule has 0 amide bonds. The molecule has 0 aliphatic heterocycles. The van der Waals surface area contributed by atoms with Gasteiger partial charge >= 0.3 is 5.63 Å². The van der Waals surface area contributed by atoms with Crippen molar-refractivity contribution in [3.8, 4) is 22.9 Å². The van der Waals surface area contributed by atoms with Gasteiger partial charge in [-0.1, -0.05) is 16.8 Å². The summed E-state index contributed by atoms with van der Waals surface area (Å²) >= 11 is 6.30. The van der Waals surface area contributed by atoms with Gasteiger partial charge in [0.2, 0.25) is 5.82 Å². The van der Waals surface area contributed by atoms with Gasteiger partial charge in [0.15, 0.2) is 6.61 Å². The molecule has 2 aromatic heterocycles. The predicted octanol–water partition coefficient (Wildman–Crippen LogP) is 4.78. The van der Waals surface area contributed by atoms with E-state index in [1.165, 1.54) is 6.07 Å². The summed E-state index contributed by atoms with van der Waals surface area (Å²) in [5, 5.41) is 5.11. The molecule has 0 spiro atoms. The molecular weight excluding hydrogens is 396 g/mol. The lowest BCUT2D eigenvalue weighted by Gasteiger charge is -2.08. The van der Waals surface area contributed by atoms with Crippen molar-refractivity contribution >= 4 is 22.6 Å². The van der Waals surface area contributed by atoms with Crippen LogP contribution < -0.4 is 15.1 Å². The van der Waals surface area contributed by atoms with E-state index in [2.05, 4.69) is 10.1 Å². The summed E-state index contributed by atoms with van der Waals surface area (Å²) in [5.74, 6) is 1.86. The summed E-state index contributed by atoms with van der Waals surface area (Å²) in [6.45, 7) is 4.36. The van der Waals surface area contributed by atoms with Gasteiger partial charge in [-0.15, -0.1) is 0 Å². The molecule has 0 aliphatic rings. The maximum absolute atomic E-state index is 11.6. The summed E-state index contributed by atoms with van der Waals surface area (Å²) in [7, 11) is 0. The quantitative estimate of drug-likeness (QED) is 0.421. The molecular formula is C21H17ClN2O5. The second-order valence-electron chi connectivity index (χ2n) is 6.29. The van der Waals surface area contributed by atoms with Crippen molar-refractivity contribution in [3.05, 3.63) is 69.4 Å². The molecule has 0 saturated heterocycles. The Morgan fingerprint density at radius 3 is 2.66 bits per heavy atom. The highest BCUT2D eigenvalue weighted by molar-refractivity contribution is 6.32. The monoisotopic (exact) mass is 412 g/mol. The van der Waals surface area contributed by atoms with E-state index in [1.54, 1.807) is 12.1 Å². The number of hydrogen-bond donors (Lipinski definition) is 0. The molecule has 2 aromatic carbocycles. The highest BCUT2D eigenvalue weighted by atomic mass is 35.5. The summed E-state index contributed by atoms with van der Waals surface area (Å²) in [6, 6.07) is 12.1. The van der Waals surface area contributed by atoms with Crippen LogP contribution in [0.25, 0.3) is 22.4 Å². The standard InChI is InChI=1S/C21H17ClN2O5/c1-3-26-14-6-4-13(5-7-14)21-23-19(29-24-21)11-27-18-10-17-15(9-16(18)22)12(2)8-20(25)28-17/h4-10H,3,11H2,1-2H3. The van der Waals surface area contributed by atoms with Gasteiger partial charge in [-0.05, 0) is 49.7 Å². The van der Waals surface area contributed by atoms with E-state index >= 15 is 0 Å². The molecule has 29 heavy (non-hydrogen) atoms. The Morgan fingerprint density at radius 1 is 1.10 bits per heavy atom. The van der Waals surface area contributed by atoms with Crippen LogP contribution in [0.3, 0.4) is 0 Å². The fourth-order valence-electron chi connectivity index (χ4n) is 2.87. The molecule has 0 unspecified atom stereocenters. The summed E-state index contributed by atoms with van der Waals surface area (Å²) in [5.41, 5.74) is 1.54. The van der Waals surface area contributed by atoms with Crippen LogP contribution in [0, 0.1) is 6.92 Å². The molecule has 8 heteroatoms. The molecule has 0 bridgehead atoms. The van der Waals surface area contributed by atoms with Gasteiger partial charge in [-0.3, -0.25) is 0 Å². The Labute approximate surface area is 170 Å². The van der Waals surface area contributed by atoms with Crippen LogP contribution >= 0.6 is 11.6 Å². The lowest BCUT2D eigenvalue weighted by atomic mass is 10.1. The first-order valence-electron chi connectivity index (χ1n) is 8.96. The minimum Gasteiger partial charge on any atom is -0.494 e. The van der Waals surface area contributed by atoms with Crippen molar-refractivity contribution in [2.45, 2.75) is 20.5 Å². The van der Waals surface area contributed by atoms with Crippen molar-refractivity contribution in [2.75, 3.05) is 6.61 Å². The first-order chi connectivity index (χ1) is 14.0. The van der Waals surface area contributed by atoms with E-state index in [0.717, 1.165) is 22.3 Å². The van der Waals surface area contributed by atoms with E-state index in [1.807, 2.05) is 38.1 Å². The van der Waals surface area contributed by atoms with E-state index < -0.39 is 5.63 Å². The first kappa shape index (κ1) is 19.0. The minimum absolute atomic E-state index is 0.0192. The van der Waals surface area contributed by atoms with Crippen molar-refractivity contribution in [2.24, 2.45) is 0 Å². The highest BCUT2D eigenvalue weighted by Crippen LogP contribution is 2.31. The van der Waals surface area contributed by atoms with Gasteiger partial charge in [-0.25, -0.2) is 4.79 Å². The van der Waals surface area contributed by atoms with E-state index in [9.17, 15) is 4.79 Å². The van der Waals surface area contributed by atoms with Crippen LogP contribution in [-0.4, -0.2) is 16.7 Å². The number of nitrogens with zero attached hydrogens (tertiary/aromatic N) is 2. The largest absolute Gasteiger partial charge is 0.494 e. The van der Waals surface area contributed by atoms with Crippen molar-refractivity contribution in [3.63, 3.8) is 0 Å². The molecule has 7 nitrogen and oxygen atoms in total. The zero-order valence-electron chi connectivity index (χ0n) is 15.8. The predicted molar refractivity (Wildman–Crippen MR) is 107 cm³/mol. The topological polar surface area (TPSA) is 87.6 Å². The van der Waals surface area contributed by atoms with E-state index in [0.29, 0.717) is 28.8 Å². The lowest BCUT2D eigenvalue weighted by molar-refractivity contribution is 0.243. The number of ether oxygens (including phenoxy) is 2. The maximum Gasteiger partial charge on any atom is 0.336 e. The fourth-order valence-corrected chi connectivity index (χ4v) is 3.09. The average molecular weight is 413 g/mol. The van der Waals surface area contributed by atoms with Crippen LogP contribution in [0.4, 0.5) is 0 Å².